The molecule has 0 bridgehead atoms. The van der Waals surface area contributed by atoms with Crippen LogP contribution in [0.15, 0.2) is 18.5 Å². The molecular formula is C12H21N3O2S. The maximum absolute atomic E-state index is 11.4. The minimum atomic E-state index is -3.23. The lowest BCUT2D eigenvalue weighted by molar-refractivity contribution is 0.552. The van der Waals surface area contributed by atoms with Crippen LogP contribution in [0.1, 0.15) is 19.4 Å². The summed E-state index contributed by atoms with van der Waals surface area (Å²) in [6.07, 6.45) is 4.47. The highest BCUT2D eigenvalue weighted by Gasteiger charge is 2.12. The van der Waals surface area contributed by atoms with Crippen LogP contribution in [0.2, 0.25) is 0 Å². The van der Waals surface area contributed by atoms with Gasteiger partial charge >= 0.3 is 0 Å². The molecule has 0 aliphatic rings. The Balaban J connectivity index is 2.74. The lowest BCUT2D eigenvalue weighted by Crippen LogP contribution is -2.25. The Bertz CT molecular complexity index is 486. The third-order valence-corrected chi connectivity index (χ3v) is 3.73. The fourth-order valence-electron chi connectivity index (χ4n) is 1.44. The second-order valence-electron chi connectivity index (χ2n) is 4.81. The van der Waals surface area contributed by atoms with Gasteiger partial charge in [-0.3, -0.25) is 9.29 Å². The average molecular weight is 271 g/mol. The Kier molecular flexibility index (Phi) is 5.10. The summed E-state index contributed by atoms with van der Waals surface area (Å²) in [6, 6.07) is 1.83. The molecule has 1 heterocycles. The number of sulfonamides is 1. The van der Waals surface area contributed by atoms with Gasteiger partial charge in [-0.2, -0.15) is 0 Å². The minimum Gasteiger partial charge on any atom is -0.312 e. The molecule has 0 atom stereocenters. The maximum Gasteiger partial charge on any atom is 0.232 e. The van der Waals surface area contributed by atoms with Crippen molar-refractivity contribution in [3.8, 4) is 0 Å². The number of rotatable bonds is 6. The van der Waals surface area contributed by atoms with E-state index in [1.54, 1.807) is 12.4 Å². The first-order valence-electron chi connectivity index (χ1n) is 5.89. The zero-order chi connectivity index (χ0) is 13.8. The zero-order valence-electron chi connectivity index (χ0n) is 11.3. The van der Waals surface area contributed by atoms with Crippen molar-refractivity contribution in [3.05, 3.63) is 24.0 Å². The lowest BCUT2D eigenvalue weighted by atomic mass is 10.2. The molecule has 6 heteroatoms. The van der Waals surface area contributed by atoms with E-state index >= 15 is 0 Å². The predicted molar refractivity (Wildman–Crippen MR) is 74.0 cm³/mol. The fraction of sp³-hybridized carbons (Fsp3) is 0.583. The Labute approximate surface area is 109 Å². The monoisotopic (exact) mass is 271 g/mol. The molecule has 0 aliphatic carbocycles. The van der Waals surface area contributed by atoms with E-state index < -0.39 is 10.0 Å². The number of hydrogen-bond acceptors (Lipinski definition) is 4. The van der Waals surface area contributed by atoms with Crippen LogP contribution in [0.5, 0.6) is 0 Å². The van der Waals surface area contributed by atoms with Crippen LogP contribution in [0.4, 0.5) is 5.69 Å². The molecule has 0 fully saturated rings. The van der Waals surface area contributed by atoms with Crippen LogP contribution >= 0.6 is 0 Å². The number of nitrogens with zero attached hydrogens (tertiary/aromatic N) is 2. The molecule has 0 saturated heterocycles. The summed E-state index contributed by atoms with van der Waals surface area (Å²) in [4.78, 5) is 4.07. The highest BCUT2D eigenvalue weighted by molar-refractivity contribution is 7.92. The minimum absolute atomic E-state index is 0.583. The van der Waals surface area contributed by atoms with Gasteiger partial charge in [-0.15, -0.1) is 0 Å². The van der Waals surface area contributed by atoms with Crippen LogP contribution in [-0.2, 0) is 16.6 Å². The summed E-state index contributed by atoms with van der Waals surface area (Å²) in [7, 11) is -1.71. The third-order valence-electron chi connectivity index (χ3n) is 2.52. The molecule has 0 aromatic carbocycles. The van der Waals surface area contributed by atoms with Gasteiger partial charge in [0.25, 0.3) is 0 Å². The molecule has 102 valence electrons. The summed E-state index contributed by atoms with van der Waals surface area (Å²) < 4.78 is 24.1. The first-order valence-corrected chi connectivity index (χ1v) is 7.74. The molecule has 5 nitrogen and oxygen atoms in total. The van der Waals surface area contributed by atoms with Crippen LogP contribution in [0, 0.1) is 5.92 Å². The molecule has 1 aromatic rings. The topological polar surface area (TPSA) is 62.3 Å². The smallest absolute Gasteiger partial charge is 0.232 e. The quantitative estimate of drug-likeness (QED) is 0.845. The van der Waals surface area contributed by atoms with Gasteiger partial charge in [0.2, 0.25) is 10.0 Å². The van der Waals surface area contributed by atoms with Crippen molar-refractivity contribution in [1.29, 1.82) is 0 Å². The number of hydrogen-bond donors (Lipinski definition) is 1. The highest BCUT2D eigenvalue weighted by atomic mass is 32.2. The molecular weight excluding hydrogens is 250 g/mol. The molecule has 1 aromatic heterocycles. The van der Waals surface area contributed by atoms with Gasteiger partial charge in [0.15, 0.2) is 0 Å². The van der Waals surface area contributed by atoms with Gasteiger partial charge in [-0.1, -0.05) is 13.8 Å². The SMILES string of the molecule is CC(C)CNCc1cncc(N(C)S(C)(=O)=O)c1. The second kappa shape index (κ2) is 6.15. The van der Waals surface area contributed by atoms with Gasteiger partial charge in [-0.05, 0) is 24.1 Å². The molecule has 0 spiro atoms. The van der Waals surface area contributed by atoms with Crippen molar-refractivity contribution >= 4 is 15.7 Å². The van der Waals surface area contributed by atoms with Crippen LogP contribution in [0.25, 0.3) is 0 Å². The van der Waals surface area contributed by atoms with Gasteiger partial charge in [0.05, 0.1) is 18.1 Å². The van der Waals surface area contributed by atoms with Crippen molar-refractivity contribution in [2.75, 3.05) is 24.2 Å². The summed E-state index contributed by atoms with van der Waals surface area (Å²) in [5.41, 5.74) is 1.56. The largest absolute Gasteiger partial charge is 0.312 e. The first kappa shape index (κ1) is 14.9. The Morgan fingerprint density at radius 1 is 1.39 bits per heavy atom. The first-order chi connectivity index (χ1) is 8.30. The molecule has 0 amide bonds. The number of anilines is 1. The summed E-state index contributed by atoms with van der Waals surface area (Å²) in [6.45, 7) is 5.89. The standard InChI is InChI=1S/C12H21N3O2S/c1-10(2)6-13-7-11-5-12(9-14-8-11)15(3)18(4,16)17/h5,8-10,13H,6-7H2,1-4H3. The van der Waals surface area contributed by atoms with Crippen LogP contribution < -0.4 is 9.62 Å². The van der Waals surface area contributed by atoms with Gasteiger partial charge in [0, 0.05) is 19.8 Å². The van der Waals surface area contributed by atoms with Crippen molar-refractivity contribution in [1.82, 2.24) is 10.3 Å². The molecule has 1 N–H and O–H groups in total. The zero-order valence-corrected chi connectivity index (χ0v) is 12.2. The Morgan fingerprint density at radius 2 is 2.06 bits per heavy atom. The van der Waals surface area contributed by atoms with E-state index in [0.29, 0.717) is 18.2 Å². The van der Waals surface area contributed by atoms with E-state index in [4.69, 9.17) is 0 Å². The normalized spacial score (nSPS) is 11.8. The summed E-state index contributed by atoms with van der Waals surface area (Å²) in [5.74, 6) is 0.583. The molecule has 0 unspecified atom stereocenters. The van der Waals surface area contributed by atoms with Gasteiger partial charge in [-0.25, -0.2) is 8.42 Å². The van der Waals surface area contributed by atoms with Crippen molar-refractivity contribution < 1.29 is 8.42 Å². The molecule has 0 saturated carbocycles. The van der Waals surface area contributed by atoms with Crippen molar-refractivity contribution in [2.45, 2.75) is 20.4 Å². The van der Waals surface area contributed by atoms with Gasteiger partial charge in [0.1, 0.15) is 0 Å². The fourth-order valence-corrected chi connectivity index (χ4v) is 1.92. The van der Waals surface area contributed by atoms with E-state index in [1.807, 2.05) is 6.07 Å². The predicted octanol–water partition coefficient (Wildman–Crippen LogP) is 1.22. The molecule has 0 aliphatic heterocycles. The van der Waals surface area contributed by atoms with E-state index in [9.17, 15) is 8.42 Å². The van der Waals surface area contributed by atoms with Crippen LogP contribution in [-0.4, -0.2) is 33.2 Å². The van der Waals surface area contributed by atoms with E-state index in [-0.39, 0.29) is 0 Å². The number of nitrogens with one attached hydrogen (secondary N) is 1. The second-order valence-corrected chi connectivity index (χ2v) is 6.82. The number of aromatic nitrogens is 1. The van der Waals surface area contributed by atoms with E-state index in [0.717, 1.165) is 12.1 Å². The van der Waals surface area contributed by atoms with E-state index in [2.05, 4.69) is 24.1 Å². The van der Waals surface area contributed by atoms with Crippen molar-refractivity contribution in [3.63, 3.8) is 0 Å². The van der Waals surface area contributed by atoms with Crippen LogP contribution in [0.3, 0.4) is 0 Å². The van der Waals surface area contributed by atoms with Crippen molar-refractivity contribution in [2.24, 2.45) is 5.92 Å². The maximum atomic E-state index is 11.4. The molecule has 18 heavy (non-hydrogen) atoms. The van der Waals surface area contributed by atoms with Gasteiger partial charge < -0.3 is 5.32 Å². The number of pyridine rings is 1. The molecule has 1 rings (SSSR count). The van der Waals surface area contributed by atoms with E-state index in [1.165, 1.54) is 17.6 Å². The average Bonchev–Trinajstić information content (AvgIpc) is 2.26. The highest BCUT2D eigenvalue weighted by Crippen LogP contribution is 2.15. The Morgan fingerprint density at radius 3 is 2.61 bits per heavy atom. The summed E-state index contributed by atoms with van der Waals surface area (Å²) >= 11 is 0. The molecule has 0 radical (unpaired) electrons. The third kappa shape index (κ3) is 4.62. The lowest BCUT2D eigenvalue weighted by Gasteiger charge is -2.17. The Hall–Kier alpha value is -1.14. The summed E-state index contributed by atoms with van der Waals surface area (Å²) in [5, 5.41) is 3.30.